The number of benzene rings is 10. The van der Waals surface area contributed by atoms with Gasteiger partial charge in [-0.3, -0.25) is 0 Å². The monoisotopic (exact) mass is 800 g/mol. The first-order valence-corrected chi connectivity index (χ1v) is 21.6. The van der Waals surface area contributed by atoms with Gasteiger partial charge in [0.1, 0.15) is 0 Å². The molecule has 0 radical (unpaired) electrons. The summed E-state index contributed by atoms with van der Waals surface area (Å²) in [6, 6.07) is 87.8. The second kappa shape index (κ2) is 15.1. The van der Waals surface area contributed by atoms with Gasteiger partial charge in [0.2, 0.25) is 0 Å². The largest absolute Gasteiger partial charge is 0.228 e. The van der Waals surface area contributed by atoms with Crippen molar-refractivity contribution in [2.75, 3.05) is 0 Å². The van der Waals surface area contributed by atoms with Gasteiger partial charge in [-0.2, -0.15) is 0 Å². The first kappa shape index (κ1) is 36.6. The van der Waals surface area contributed by atoms with Crippen molar-refractivity contribution >= 4 is 21.5 Å². The SMILES string of the molecule is c1ccc(-c2nc(-c3ccc(-c4ccc5ccccc5c4)cc3)cc(-c3ccc(-c4ccc5c(c4)C(c4ccccc4)(c4ccccc4)c4ccccc4-5)c4ccccc34)n2)cc1. The molecular formula is C61H40N2. The summed E-state index contributed by atoms with van der Waals surface area (Å²) in [6.07, 6.45) is 0. The van der Waals surface area contributed by atoms with Crippen LogP contribution in [0.1, 0.15) is 22.3 Å². The summed E-state index contributed by atoms with van der Waals surface area (Å²) >= 11 is 0. The topological polar surface area (TPSA) is 25.8 Å². The standard InChI is InChI=1S/C61H40N2/c1-4-17-44(18-5-1)60-62-58(43-31-28-42(29-32-43)46-33-30-41-16-10-11-19-45(41)38-46)40-59(63-60)55-37-36-50(51-24-12-13-25-52(51)55)47-34-35-54-53-26-14-15-27-56(53)61(57(54)39-47,48-20-6-2-7-21-48)49-22-8-3-9-23-49/h1-40H. The van der Waals surface area contributed by atoms with E-state index in [0.29, 0.717) is 5.82 Å². The lowest BCUT2D eigenvalue weighted by Gasteiger charge is -2.34. The molecule has 0 fully saturated rings. The van der Waals surface area contributed by atoms with Gasteiger partial charge < -0.3 is 0 Å². The van der Waals surface area contributed by atoms with Crippen LogP contribution in [-0.4, -0.2) is 9.97 Å². The first-order valence-electron chi connectivity index (χ1n) is 21.6. The van der Waals surface area contributed by atoms with Crippen molar-refractivity contribution in [3.63, 3.8) is 0 Å². The molecule has 1 aliphatic rings. The highest BCUT2D eigenvalue weighted by Gasteiger charge is 2.46. The normalized spacial score (nSPS) is 12.6. The average Bonchev–Trinajstić information content (AvgIpc) is 3.67. The summed E-state index contributed by atoms with van der Waals surface area (Å²) < 4.78 is 0. The van der Waals surface area contributed by atoms with E-state index >= 15 is 0 Å². The second-order valence-electron chi connectivity index (χ2n) is 16.5. The lowest BCUT2D eigenvalue weighted by Crippen LogP contribution is -2.28. The van der Waals surface area contributed by atoms with Crippen LogP contribution in [0.5, 0.6) is 0 Å². The van der Waals surface area contributed by atoms with Crippen molar-refractivity contribution in [2.45, 2.75) is 5.41 Å². The van der Waals surface area contributed by atoms with Crippen molar-refractivity contribution in [3.05, 3.63) is 265 Å². The predicted octanol–water partition coefficient (Wildman–Crippen LogP) is 15.5. The average molecular weight is 801 g/mol. The minimum absolute atomic E-state index is 0.473. The van der Waals surface area contributed by atoms with Crippen molar-refractivity contribution in [1.82, 2.24) is 9.97 Å². The van der Waals surface area contributed by atoms with Crippen LogP contribution in [0, 0.1) is 0 Å². The highest BCUT2D eigenvalue weighted by Crippen LogP contribution is 2.57. The maximum Gasteiger partial charge on any atom is 0.160 e. The molecule has 2 nitrogen and oxygen atoms in total. The van der Waals surface area contributed by atoms with Crippen LogP contribution in [0.15, 0.2) is 243 Å². The maximum absolute atomic E-state index is 5.29. The Labute approximate surface area is 367 Å². The van der Waals surface area contributed by atoms with E-state index < -0.39 is 5.41 Å². The van der Waals surface area contributed by atoms with Gasteiger partial charge in [0.05, 0.1) is 16.8 Å². The molecule has 1 aromatic heterocycles. The smallest absolute Gasteiger partial charge is 0.160 e. The fourth-order valence-corrected chi connectivity index (χ4v) is 10.0. The molecule has 0 saturated carbocycles. The van der Waals surface area contributed by atoms with E-state index in [-0.39, 0.29) is 0 Å². The zero-order chi connectivity index (χ0) is 41.7. The molecule has 1 aliphatic carbocycles. The zero-order valence-electron chi connectivity index (χ0n) is 34.5. The van der Waals surface area contributed by atoms with Crippen molar-refractivity contribution < 1.29 is 0 Å². The summed E-state index contributed by atoms with van der Waals surface area (Å²) in [6.45, 7) is 0. The zero-order valence-corrected chi connectivity index (χ0v) is 34.5. The number of nitrogens with zero attached hydrogens (tertiary/aromatic N) is 2. The Kier molecular flexibility index (Phi) is 8.76. The third-order valence-corrected chi connectivity index (χ3v) is 13.0. The lowest BCUT2D eigenvalue weighted by atomic mass is 9.67. The van der Waals surface area contributed by atoms with E-state index in [1.807, 2.05) is 18.2 Å². The van der Waals surface area contributed by atoms with Crippen LogP contribution in [0.25, 0.3) is 88.8 Å². The minimum Gasteiger partial charge on any atom is -0.228 e. The van der Waals surface area contributed by atoms with Crippen molar-refractivity contribution in [2.24, 2.45) is 0 Å². The molecule has 294 valence electrons. The number of aromatic nitrogens is 2. The first-order chi connectivity index (χ1) is 31.2. The molecular weight excluding hydrogens is 761 g/mol. The van der Waals surface area contributed by atoms with E-state index in [9.17, 15) is 0 Å². The maximum atomic E-state index is 5.29. The Morgan fingerprint density at radius 2 is 0.794 bits per heavy atom. The molecule has 63 heavy (non-hydrogen) atoms. The quantitative estimate of drug-likeness (QED) is 0.160. The Bertz CT molecular complexity index is 3440. The molecule has 2 heteroatoms. The summed E-state index contributed by atoms with van der Waals surface area (Å²) in [5.74, 6) is 0.700. The van der Waals surface area contributed by atoms with Gasteiger partial charge in [0, 0.05) is 16.7 Å². The fraction of sp³-hybridized carbons (Fsp3) is 0.0164. The Morgan fingerprint density at radius 1 is 0.270 bits per heavy atom. The van der Waals surface area contributed by atoms with Gasteiger partial charge in [0.15, 0.2) is 5.82 Å². The molecule has 12 rings (SSSR count). The molecule has 0 bridgehead atoms. The van der Waals surface area contributed by atoms with Crippen LogP contribution < -0.4 is 0 Å². The molecule has 0 atom stereocenters. The molecule has 1 heterocycles. The van der Waals surface area contributed by atoms with E-state index in [1.165, 1.54) is 71.8 Å². The number of rotatable bonds is 7. The highest BCUT2D eigenvalue weighted by atomic mass is 14.9. The van der Waals surface area contributed by atoms with Gasteiger partial charge in [-0.15, -0.1) is 0 Å². The number of hydrogen-bond acceptors (Lipinski definition) is 2. The summed E-state index contributed by atoms with van der Waals surface area (Å²) in [4.78, 5) is 10.5. The van der Waals surface area contributed by atoms with Crippen LogP contribution in [0.2, 0.25) is 0 Å². The van der Waals surface area contributed by atoms with E-state index in [2.05, 4.69) is 224 Å². The minimum atomic E-state index is -0.473. The van der Waals surface area contributed by atoms with Gasteiger partial charge in [-0.25, -0.2) is 9.97 Å². The summed E-state index contributed by atoms with van der Waals surface area (Å²) in [5.41, 5.74) is 16.8. The molecule has 10 aromatic carbocycles. The van der Waals surface area contributed by atoms with E-state index in [0.717, 1.165) is 33.5 Å². The predicted molar refractivity (Wildman–Crippen MR) is 262 cm³/mol. The number of hydrogen-bond donors (Lipinski definition) is 0. The molecule has 0 amide bonds. The van der Waals surface area contributed by atoms with E-state index in [1.54, 1.807) is 0 Å². The Balaban J connectivity index is 1.000. The molecule has 0 saturated heterocycles. The molecule has 0 N–H and O–H groups in total. The Morgan fingerprint density at radius 3 is 1.54 bits per heavy atom. The summed E-state index contributed by atoms with van der Waals surface area (Å²) in [5, 5.41) is 4.80. The molecule has 0 spiro atoms. The van der Waals surface area contributed by atoms with Crippen LogP contribution in [0.3, 0.4) is 0 Å². The Hall–Kier alpha value is -8.20. The fourth-order valence-electron chi connectivity index (χ4n) is 10.0. The van der Waals surface area contributed by atoms with Crippen LogP contribution in [-0.2, 0) is 5.41 Å². The van der Waals surface area contributed by atoms with Gasteiger partial charge in [-0.05, 0) is 95.4 Å². The van der Waals surface area contributed by atoms with Gasteiger partial charge in [0.25, 0.3) is 0 Å². The van der Waals surface area contributed by atoms with Gasteiger partial charge >= 0.3 is 0 Å². The highest BCUT2D eigenvalue weighted by molar-refractivity contribution is 6.05. The van der Waals surface area contributed by atoms with Crippen molar-refractivity contribution in [3.8, 4) is 67.3 Å². The van der Waals surface area contributed by atoms with Gasteiger partial charge in [-0.1, -0.05) is 224 Å². The van der Waals surface area contributed by atoms with Crippen LogP contribution >= 0.6 is 0 Å². The second-order valence-corrected chi connectivity index (χ2v) is 16.5. The third-order valence-electron chi connectivity index (χ3n) is 13.0. The van der Waals surface area contributed by atoms with E-state index in [4.69, 9.17) is 9.97 Å². The third kappa shape index (κ3) is 6.10. The van der Waals surface area contributed by atoms with Crippen molar-refractivity contribution in [1.29, 1.82) is 0 Å². The van der Waals surface area contributed by atoms with Crippen LogP contribution in [0.4, 0.5) is 0 Å². The molecule has 0 unspecified atom stereocenters. The number of fused-ring (bicyclic) bond motifs is 5. The summed E-state index contributed by atoms with van der Waals surface area (Å²) in [7, 11) is 0. The molecule has 0 aliphatic heterocycles. The molecule has 11 aromatic rings. The lowest BCUT2D eigenvalue weighted by molar-refractivity contribution is 0.769.